The molecule has 2 heteroatoms. The Hall–Kier alpha value is -0.0800. The summed E-state index contributed by atoms with van der Waals surface area (Å²) in [5.74, 6) is 0. The Labute approximate surface area is 49.9 Å². The van der Waals surface area contributed by atoms with Crippen molar-refractivity contribution in [2.24, 2.45) is 0 Å². The van der Waals surface area contributed by atoms with E-state index in [1.165, 1.54) is 25.9 Å². The molecule has 0 aliphatic carbocycles. The van der Waals surface area contributed by atoms with Gasteiger partial charge in [0.2, 0.25) is 0 Å². The summed E-state index contributed by atoms with van der Waals surface area (Å²) >= 11 is 0. The third-order valence-corrected chi connectivity index (χ3v) is 2.02. The van der Waals surface area contributed by atoms with Gasteiger partial charge < -0.3 is 0 Å². The summed E-state index contributed by atoms with van der Waals surface area (Å²) in [6.07, 6.45) is 2.69. The van der Waals surface area contributed by atoms with Gasteiger partial charge in [-0.2, -0.15) is 0 Å². The van der Waals surface area contributed by atoms with E-state index in [0.29, 0.717) is 0 Å². The number of fused-ring (bicyclic) bond motifs is 3. The van der Waals surface area contributed by atoms with E-state index in [4.69, 9.17) is 0 Å². The number of rotatable bonds is 0. The largest absolute Gasteiger partial charge is 0.296 e. The van der Waals surface area contributed by atoms with Crippen LogP contribution >= 0.6 is 0 Å². The van der Waals surface area contributed by atoms with Crippen LogP contribution in [0, 0.1) is 6.67 Å². The van der Waals surface area contributed by atoms with Crippen LogP contribution in [0.1, 0.15) is 12.8 Å². The van der Waals surface area contributed by atoms with Crippen molar-refractivity contribution in [3.63, 3.8) is 0 Å². The highest BCUT2D eigenvalue weighted by atomic mass is 15.3. The van der Waals surface area contributed by atoms with E-state index in [1.54, 1.807) is 0 Å². The number of piperidine rings is 1. The second-order valence-corrected chi connectivity index (χ2v) is 2.61. The molecule has 0 aromatic heterocycles. The Morgan fingerprint density at radius 1 is 1.38 bits per heavy atom. The predicted molar refractivity (Wildman–Crippen MR) is 32.0 cm³/mol. The molecule has 3 rings (SSSR count). The van der Waals surface area contributed by atoms with E-state index in [-0.39, 0.29) is 0 Å². The average Bonchev–Trinajstić information content (AvgIpc) is 1.92. The van der Waals surface area contributed by atoms with Crippen LogP contribution in [-0.2, 0) is 0 Å². The molecule has 0 aromatic carbocycles. The van der Waals surface area contributed by atoms with Gasteiger partial charge in [0.15, 0.2) is 0 Å². The van der Waals surface area contributed by atoms with Crippen LogP contribution in [0.2, 0.25) is 0 Å². The van der Waals surface area contributed by atoms with Crippen LogP contribution in [-0.4, -0.2) is 24.0 Å². The molecule has 0 spiro atoms. The lowest BCUT2D eigenvalue weighted by molar-refractivity contribution is 0.164. The van der Waals surface area contributed by atoms with Crippen molar-refractivity contribution in [1.82, 2.24) is 10.2 Å². The molecule has 8 heavy (non-hydrogen) atoms. The fourth-order valence-corrected chi connectivity index (χ4v) is 1.41. The van der Waals surface area contributed by atoms with Crippen molar-refractivity contribution in [3.8, 4) is 0 Å². The molecule has 3 aliphatic heterocycles. The maximum atomic E-state index is 3.32. The van der Waals surface area contributed by atoms with Crippen LogP contribution in [0.25, 0.3) is 0 Å². The fourth-order valence-electron chi connectivity index (χ4n) is 1.41. The minimum Gasteiger partial charge on any atom is -0.296 e. The highest BCUT2D eigenvalue weighted by molar-refractivity contribution is 4.87. The highest BCUT2D eigenvalue weighted by Gasteiger charge is 2.24. The molecule has 3 aliphatic rings. The first kappa shape index (κ1) is 4.77. The summed E-state index contributed by atoms with van der Waals surface area (Å²) in [5, 5.41) is 3.32. The van der Waals surface area contributed by atoms with Gasteiger partial charge in [-0.3, -0.25) is 10.2 Å². The molecule has 45 valence electrons. The topological polar surface area (TPSA) is 15.3 Å². The summed E-state index contributed by atoms with van der Waals surface area (Å²) in [7, 11) is 0. The summed E-state index contributed by atoms with van der Waals surface area (Å²) in [6, 6.07) is 0.806. The molecule has 0 atom stereocenters. The number of hydrogen-bond donors (Lipinski definition) is 1. The lowest BCUT2D eigenvalue weighted by Crippen LogP contribution is -2.50. The van der Waals surface area contributed by atoms with E-state index in [9.17, 15) is 0 Å². The van der Waals surface area contributed by atoms with Crippen molar-refractivity contribution in [2.45, 2.75) is 18.9 Å². The number of nitrogens with one attached hydrogen (secondary N) is 1. The minimum atomic E-state index is 0.806. The Balaban J connectivity index is 2.03. The number of nitrogens with zero attached hydrogens (tertiary/aromatic N) is 1. The van der Waals surface area contributed by atoms with E-state index in [1.807, 2.05) is 0 Å². The second kappa shape index (κ2) is 1.71. The molecule has 3 heterocycles. The van der Waals surface area contributed by atoms with Crippen LogP contribution in [0.3, 0.4) is 0 Å². The molecular formula is C6H11N2. The lowest BCUT2D eigenvalue weighted by atomic mass is 10.0. The maximum Gasteiger partial charge on any atom is 0.0896 e. The van der Waals surface area contributed by atoms with Crippen molar-refractivity contribution in [1.29, 1.82) is 0 Å². The molecule has 3 fully saturated rings. The molecule has 1 radical (unpaired) electrons. The van der Waals surface area contributed by atoms with Crippen molar-refractivity contribution >= 4 is 0 Å². The van der Waals surface area contributed by atoms with Gasteiger partial charge in [0.05, 0.1) is 6.67 Å². The first-order valence-electron chi connectivity index (χ1n) is 3.28. The zero-order chi connectivity index (χ0) is 5.40. The Morgan fingerprint density at radius 3 is 2.25 bits per heavy atom. The molecule has 1 N–H and O–H groups in total. The van der Waals surface area contributed by atoms with Gasteiger partial charge in [-0.15, -0.1) is 0 Å². The Kier molecular flexibility index (Phi) is 1.02. The van der Waals surface area contributed by atoms with Gasteiger partial charge in [-0.05, 0) is 12.8 Å². The van der Waals surface area contributed by atoms with Crippen LogP contribution < -0.4 is 5.32 Å². The average molecular weight is 111 g/mol. The zero-order valence-electron chi connectivity index (χ0n) is 4.93. The van der Waals surface area contributed by atoms with Crippen molar-refractivity contribution in [3.05, 3.63) is 6.67 Å². The van der Waals surface area contributed by atoms with Gasteiger partial charge in [0.25, 0.3) is 0 Å². The van der Waals surface area contributed by atoms with Crippen LogP contribution in [0.4, 0.5) is 0 Å². The minimum absolute atomic E-state index is 0.806. The second-order valence-electron chi connectivity index (χ2n) is 2.61. The molecule has 0 saturated carbocycles. The quantitative estimate of drug-likeness (QED) is 0.479. The van der Waals surface area contributed by atoms with E-state index in [2.05, 4.69) is 16.9 Å². The third-order valence-electron chi connectivity index (χ3n) is 2.02. The molecule has 0 amide bonds. The first-order chi connectivity index (χ1) is 3.95. The molecule has 2 nitrogen and oxygen atoms in total. The smallest absolute Gasteiger partial charge is 0.0896 e. The van der Waals surface area contributed by atoms with Gasteiger partial charge in [-0.25, -0.2) is 0 Å². The molecule has 0 unspecified atom stereocenters. The lowest BCUT2D eigenvalue weighted by Gasteiger charge is -2.38. The maximum absolute atomic E-state index is 3.32. The van der Waals surface area contributed by atoms with Gasteiger partial charge in [0, 0.05) is 19.1 Å². The normalized spacial score (nSPS) is 45.0. The van der Waals surface area contributed by atoms with E-state index < -0.39 is 0 Å². The van der Waals surface area contributed by atoms with Crippen molar-refractivity contribution < 1.29 is 0 Å². The van der Waals surface area contributed by atoms with Crippen molar-refractivity contribution in [2.75, 3.05) is 13.1 Å². The third kappa shape index (κ3) is 0.644. The Morgan fingerprint density at radius 2 is 2.12 bits per heavy atom. The fraction of sp³-hybridized carbons (Fsp3) is 0.833. The molecular weight excluding hydrogens is 100 g/mol. The van der Waals surface area contributed by atoms with E-state index in [0.717, 1.165) is 6.04 Å². The predicted octanol–water partition coefficient (Wildman–Crippen LogP) is 0.173. The molecule has 0 aromatic rings. The highest BCUT2D eigenvalue weighted by Crippen LogP contribution is 2.16. The Bertz CT molecular complexity index is 61.5. The van der Waals surface area contributed by atoms with Crippen LogP contribution in [0.15, 0.2) is 0 Å². The van der Waals surface area contributed by atoms with Crippen LogP contribution in [0.5, 0.6) is 0 Å². The zero-order valence-corrected chi connectivity index (χ0v) is 4.93. The molecule has 3 saturated heterocycles. The standard InChI is InChI=1S/C6H11N2/c1-3-8-4-2-6(1)7-5-8/h5-7H,1-4H2. The first-order valence-corrected chi connectivity index (χ1v) is 3.28. The summed E-state index contributed by atoms with van der Waals surface area (Å²) in [5.41, 5.74) is 0. The van der Waals surface area contributed by atoms with Gasteiger partial charge in [-0.1, -0.05) is 0 Å². The van der Waals surface area contributed by atoms with E-state index >= 15 is 0 Å². The summed E-state index contributed by atoms with van der Waals surface area (Å²) in [6.45, 7) is 4.67. The summed E-state index contributed by atoms with van der Waals surface area (Å²) < 4.78 is 0. The monoisotopic (exact) mass is 111 g/mol. The number of hydrogen-bond acceptors (Lipinski definition) is 2. The summed E-state index contributed by atoms with van der Waals surface area (Å²) in [4.78, 5) is 2.35. The van der Waals surface area contributed by atoms with Gasteiger partial charge >= 0.3 is 0 Å². The van der Waals surface area contributed by atoms with Gasteiger partial charge in [0.1, 0.15) is 0 Å². The SMILES string of the molecule is [CH]1NC2CCN1CC2. The molecule has 2 bridgehead atoms.